The Balaban J connectivity index is 1.62. The summed E-state index contributed by atoms with van der Waals surface area (Å²) in [4.78, 5) is 15.2. The average Bonchev–Trinajstić information content (AvgIpc) is 3.14. The minimum atomic E-state index is -4.57. The largest absolute Gasteiger partial charge is 0.454 e. The van der Waals surface area contributed by atoms with Crippen LogP contribution in [-0.2, 0) is 22.9 Å². The lowest BCUT2D eigenvalue weighted by atomic mass is 9.86. The van der Waals surface area contributed by atoms with Gasteiger partial charge in [0.15, 0.2) is 12.4 Å². The molecule has 0 aliphatic rings. The molecule has 152 valence electrons. The van der Waals surface area contributed by atoms with Crippen molar-refractivity contribution < 1.29 is 27.2 Å². The van der Waals surface area contributed by atoms with Gasteiger partial charge in [-0.1, -0.05) is 50.2 Å². The van der Waals surface area contributed by atoms with Gasteiger partial charge < -0.3 is 9.26 Å². The van der Waals surface area contributed by atoms with E-state index in [0.29, 0.717) is 11.5 Å². The number of rotatable bonds is 4. The quantitative estimate of drug-likeness (QED) is 0.544. The van der Waals surface area contributed by atoms with Crippen LogP contribution in [0.5, 0.6) is 0 Å². The molecule has 3 rings (SSSR count). The van der Waals surface area contributed by atoms with Gasteiger partial charge in [-0.15, -0.1) is 0 Å². The molecule has 0 amide bonds. The Morgan fingerprint density at radius 3 is 2.31 bits per heavy atom. The highest BCUT2D eigenvalue weighted by Gasteiger charge is 2.32. The number of ether oxygens (including phenoxy) is 1. The summed E-state index contributed by atoms with van der Waals surface area (Å²) in [7, 11) is 0. The smallest absolute Gasteiger partial charge is 0.433 e. The minimum absolute atomic E-state index is 0.0366. The van der Waals surface area contributed by atoms with Crippen LogP contribution in [-0.4, -0.2) is 16.1 Å². The minimum Gasteiger partial charge on any atom is -0.454 e. The summed E-state index contributed by atoms with van der Waals surface area (Å²) in [6, 6.07) is 11.3. The molecule has 2 aromatic heterocycles. The maximum atomic E-state index is 12.5. The molecule has 0 bridgehead atoms. The highest BCUT2D eigenvalue weighted by atomic mass is 19.4. The van der Waals surface area contributed by atoms with E-state index in [2.05, 4.69) is 30.9 Å². The van der Waals surface area contributed by atoms with E-state index in [1.807, 2.05) is 24.3 Å². The second-order valence-electron chi connectivity index (χ2n) is 7.51. The third-order valence-corrected chi connectivity index (χ3v) is 4.24. The molecule has 0 atom stereocenters. The van der Waals surface area contributed by atoms with Gasteiger partial charge in [-0.05, 0) is 23.1 Å². The van der Waals surface area contributed by atoms with Crippen LogP contribution in [0, 0.1) is 0 Å². The predicted octanol–water partition coefficient (Wildman–Crippen LogP) is 5.41. The Kier molecular flexibility index (Phi) is 5.46. The third-order valence-electron chi connectivity index (χ3n) is 4.24. The molecular formula is C21H19F3N2O3. The maximum Gasteiger partial charge on any atom is 0.433 e. The van der Waals surface area contributed by atoms with Crippen LogP contribution in [0.1, 0.15) is 48.1 Å². The molecule has 5 nitrogen and oxygen atoms in total. The number of benzene rings is 1. The summed E-state index contributed by atoms with van der Waals surface area (Å²) in [5.41, 5.74) is 1.50. The highest BCUT2D eigenvalue weighted by Crippen LogP contribution is 2.28. The molecule has 0 spiro atoms. The first kappa shape index (κ1) is 20.6. The number of halogens is 3. The first-order valence-corrected chi connectivity index (χ1v) is 8.81. The Morgan fingerprint density at radius 1 is 1.07 bits per heavy atom. The van der Waals surface area contributed by atoms with Crippen LogP contribution < -0.4 is 0 Å². The number of pyridine rings is 1. The van der Waals surface area contributed by atoms with Gasteiger partial charge in [-0.2, -0.15) is 13.2 Å². The first-order valence-electron chi connectivity index (χ1n) is 8.81. The summed E-state index contributed by atoms with van der Waals surface area (Å²) < 4.78 is 47.8. The van der Waals surface area contributed by atoms with Crippen LogP contribution in [0.25, 0.3) is 11.3 Å². The Bertz CT molecular complexity index is 986. The standard InChI is InChI=1S/C21H19F3N2O3/c1-20(2,3)15-7-4-13(5-8-15)17-10-16(29-26-17)12-28-19(27)14-6-9-18(25-11-14)21(22,23)24/h4-11H,12H2,1-3H3. The fraction of sp³-hybridized carbons (Fsp3) is 0.286. The molecule has 0 saturated heterocycles. The summed E-state index contributed by atoms with van der Waals surface area (Å²) in [5, 5.41) is 3.96. The number of nitrogens with zero attached hydrogens (tertiary/aromatic N) is 2. The second-order valence-corrected chi connectivity index (χ2v) is 7.51. The van der Waals surface area contributed by atoms with Crippen molar-refractivity contribution in [1.29, 1.82) is 0 Å². The first-order chi connectivity index (χ1) is 13.5. The molecule has 0 saturated carbocycles. The van der Waals surface area contributed by atoms with Crippen LogP contribution >= 0.6 is 0 Å². The molecule has 0 radical (unpaired) electrons. The van der Waals surface area contributed by atoms with Crippen molar-refractivity contribution in [1.82, 2.24) is 10.1 Å². The fourth-order valence-corrected chi connectivity index (χ4v) is 2.56. The van der Waals surface area contributed by atoms with Crippen molar-refractivity contribution in [3.8, 4) is 11.3 Å². The van der Waals surface area contributed by atoms with Crippen molar-refractivity contribution in [2.45, 2.75) is 39.0 Å². The Morgan fingerprint density at radius 2 is 1.76 bits per heavy atom. The van der Waals surface area contributed by atoms with Gasteiger partial charge in [0, 0.05) is 17.8 Å². The third kappa shape index (κ3) is 5.01. The average molecular weight is 404 g/mol. The molecular weight excluding hydrogens is 385 g/mol. The summed E-state index contributed by atoms with van der Waals surface area (Å²) in [6.45, 7) is 6.16. The van der Waals surface area contributed by atoms with Crippen molar-refractivity contribution in [2.75, 3.05) is 0 Å². The maximum absolute atomic E-state index is 12.5. The summed E-state index contributed by atoms with van der Waals surface area (Å²) in [5.74, 6) is -0.494. The topological polar surface area (TPSA) is 65.2 Å². The van der Waals surface area contributed by atoms with Gasteiger partial charge in [0.25, 0.3) is 0 Å². The van der Waals surface area contributed by atoms with E-state index in [0.717, 1.165) is 23.9 Å². The molecule has 1 aromatic carbocycles. The highest BCUT2D eigenvalue weighted by molar-refractivity contribution is 5.88. The zero-order valence-corrected chi connectivity index (χ0v) is 16.1. The van der Waals surface area contributed by atoms with E-state index in [9.17, 15) is 18.0 Å². The number of hydrogen-bond acceptors (Lipinski definition) is 5. The van der Waals surface area contributed by atoms with E-state index >= 15 is 0 Å². The van der Waals surface area contributed by atoms with Gasteiger partial charge in [0.2, 0.25) is 0 Å². The lowest BCUT2D eigenvalue weighted by Gasteiger charge is -2.18. The fourth-order valence-electron chi connectivity index (χ4n) is 2.56. The lowest BCUT2D eigenvalue weighted by Crippen LogP contribution is -2.10. The Hall–Kier alpha value is -3.16. The van der Waals surface area contributed by atoms with Crippen LogP contribution in [0.2, 0.25) is 0 Å². The van der Waals surface area contributed by atoms with E-state index < -0.39 is 17.8 Å². The molecule has 29 heavy (non-hydrogen) atoms. The molecule has 2 heterocycles. The van der Waals surface area contributed by atoms with Crippen LogP contribution in [0.4, 0.5) is 13.2 Å². The molecule has 0 aliphatic heterocycles. The zero-order valence-electron chi connectivity index (χ0n) is 16.1. The SMILES string of the molecule is CC(C)(C)c1ccc(-c2cc(COC(=O)c3ccc(C(F)(F)F)nc3)on2)cc1. The number of hydrogen-bond donors (Lipinski definition) is 0. The number of carbonyl (C=O) groups excluding carboxylic acids is 1. The monoisotopic (exact) mass is 404 g/mol. The van der Waals surface area contributed by atoms with Crippen molar-refractivity contribution >= 4 is 5.97 Å². The molecule has 8 heteroatoms. The van der Waals surface area contributed by atoms with Gasteiger partial charge in [0.1, 0.15) is 11.4 Å². The van der Waals surface area contributed by atoms with Crippen molar-refractivity contribution in [3.05, 3.63) is 71.2 Å². The molecule has 0 fully saturated rings. The normalized spacial score (nSPS) is 12.1. The van der Waals surface area contributed by atoms with Crippen molar-refractivity contribution in [3.63, 3.8) is 0 Å². The van der Waals surface area contributed by atoms with E-state index in [-0.39, 0.29) is 17.6 Å². The summed E-state index contributed by atoms with van der Waals surface area (Å²) >= 11 is 0. The van der Waals surface area contributed by atoms with E-state index in [4.69, 9.17) is 9.26 Å². The number of alkyl halides is 3. The summed E-state index contributed by atoms with van der Waals surface area (Å²) in [6.07, 6.45) is -3.74. The predicted molar refractivity (Wildman–Crippen MR) is 99.0 cm³/mol. The Labute approximate surface area is 165 Å². The van der Waals surface area contributed by atoms with Gasteiger partial charge in [0.05, 0.1) is 5.56 Å². The van der Waals surface area contributed by atoms with Crippen LogP contribution in [0.15, 0.2) is 53.2 Å². The molecule has 0 aliphatic carbocycles. The zero-order chi connectivity index (χ0) is 21.2. The number of aromatic nitrogens is 2. The van der Waals surface area contributed by atoms with Crippen molar-refractivity contribution in [2.24, 2.45) is 0 Å². The number of esters is 1. The number of carbonyl (C=O) groups is 1. The van der Waals surface area contributed by atoms with Crippen LogP contribution in [0.3, 0.4) is 0 Å². The van der Waals surface area contributed by atoms with Gasteiger partial charge in [-0.25, -0.2) is 4.79 Å². The second kappa shape index (κ2) is 7.69. The van der Waals surface area contributed by atoms with E-state index in [1.165, 1.54) is 5.56 Å². The molecule has 0 N–H and O–H groups in total. The van der Waals surface area contributed by atoms with Gasteiger partial charge in [-0.3, -0.25) is 4.98 Å². The van der Waals surface area contributed by atoms with E-state index in [1.54, 1.807) is 6.07 Å². The molecule has 3 aromatic rings. The lowest BCUT2D eigenvalue weighted by molar-refractivity contribution is -0.141. The van der Waals surface area contributed by atoms with Gasteiger partial charge >= 0.3 is 12.1 Å². The molecule has 0 unspecified atom stereocenters.